The molecule has 2 aromatic heterocycles. The van der Waals surface area contributed by atoms with E-state index in [-0.39, 0.29) is 0 Å². The van der Waals surface area contributed by atoms with Crippen LogP contribution in [0.15, 0.2) is 43.2 Å². The van der Waals surface area contributed by atoms with Gasteiger partial charge >= 0.3 is 0 Å². The maximum atomic E-state index is 6.10. The zero-order valence-electron chi connectivity index (χ0n) is 13.3. The number of aromatic nitrogens is 3. The van der Waals surface area contributed by atoms with E-state index >= 15 is 0 Å². The Labute approximate surface area is 136 Å². The van der Waals surface area contributed by atoms with Crippen LogP contribution in [0.4, 0.5) is 5.69 Å². The zero-order valence-corrected chi connectivity index (χ0v) is 13.3. The maximum absolute atomic E-state index is 6.10. The third kappa shape index (κ3) is 2.93. The van der Waals surface area contributed by atoms with Gasteiger partial charge in [-0.25, -0.2) is 9.97 Å². The molecule has 2 aliphatic rings. The molecule has 0 N–H and O–H groups in total. The average Bonchev–Trinajstić information content (AvgIpc) is 2.99. The molecule has 4 rings (SSSR count). The van der Waals surface area contributed by atoms with Gasteiger partial charge in [0.25, 0.3) is 0 Å². The fourth-order valence-corrected chi connectivity index (χ4v) is 3.99. The van der Waals surface area contributed by atoms with Crippen LogP contribution in [0.1, 0.15) is 24.8 Å². The lowest BCUT2D eigenvalue weighted by Gasteiger charge is -2.43. The van der Waals surface area contributed by atoms with Crippen molar-refractivity contribution in [3.05, 3.63) is 48.8 Å². The van der Waals surface area contributed by atoms with Gasteiger partial charge in [0.05, 0.1) is 18.0 Å². The van der Waals surface area contributed by atoms with E-state index in [9.17, 15) is 0 Å². The summed E-state index contributed by atoms with van der Waals surface area (Å²) in [6.07, 6.45) is 14.0. The van der Waals surface area contributed by atoms with Gasteiger partial charge in [0.1, 0.15) is 6.33 Å². The summed E-state index contributed by atoms with van der Waals surface area (Å²) in [4.78, 5) is 14.9. The predicted molar refractivity (Wildman–Crippen MR) is 88.2 cm³/mol. The molecule has 2 fully saturated rings. The molecule has 1 spiro atoms. The molecule has 1 atom stereocenters. The topological polar surface area (TPSA) is 51.1 Å². The lowest BCUT2D eigenvalue weighted by Crippen LogP contribution is -2.45. The van der Waals surface area contributed by atoms with E-state index in [1.807, 2.05) is 30.9 Å². The smallest absolute Gasteiger partial charge is 0.115 e. The van der Waals surface area contributed by atoms with Crippen molar-refractivity contribution in [2.45, 2.75) is 31.8 Å². The van der Waals surface area contributed by atoms with Crippen molar-refractivity contribution < 1.29 is 4.74 Å². The maximum Gasteiger partial charge on any atom is 0.115 e. The Balaban J connectivity index is 1.44. The van der Waals surface area contributed by atoms with Crippen molar-refractivity contribution in [2.24, 2.45) is 5.41 Å². The summed E-state index contributed by atoms with van der Waals surface area (Å²) in [6, 6.07) is 4.16. The van der Waals surface area contributed by atoms with Gasteiger partial charge in [-0.05, 0) is 37.0 Å². The first-order valence-electron chi connectivity index (χ1n) is 8.36. The first-order chi connectivity index (χ1) is 11.4. The van der Waals surface area contributed by atoms with Crippen LogP contribution in [0.25, 0.3) is 0 Å². The second-order valence-corrected chi connectivity index (χ2v) is 6.62. The van der Waals surface area contributed by atoms with Gasteiger partial charge < -0.3 is 9.64 Å². The minimum Gasteiger partial charge on any atom is -0.377 e. The Morgan fingerprint density at radius 2 is 1.91 bits per heavy atom. The molecule has 0 saturated carbocycles. The van der Waals surface area contributed by atoms with Crippen LogP contribution < -0.4 is 4.90 Å². The summed E-state index contributed by atoms with van der Waals surface area (Å²) in [7, 11) is 0. The van der Waals surface area contributed by atoms with Crippen LogP contribution in [0.2, 0.25) is 0 Å². The summed E-state index contributed by atoms with van der Waals surface area (Å²) >= 11 is 0. The number of pyridine rings is 1. The minimum absolute atomic E-state index is 0.296. The summed E-state index contributed by atoms with van der Waals surface area (Å²) in [5.74, 6) is 0. The van der Waals surface area contributed by atoms with Crippen LogP contribution in [0.5, 0.6) is 0 Å². The van der Waals surface area contributed by atoms with E-state index in [0.29, 0.717) is 11.5 Å². The van der Waals surface area contributed by atoms with Crippen molar-refractivity contribution in [1.29, 1.82) is 0 Å². The fraction of sp³-hybridized carbons (Fsp3) is 0.500. The van der Waals surface area contributed by atoms with Gasteiger partial charge in [-0.1, -0.05) is 0 Å². The molecule has 0 radical (unpaired) electrons. The highest BCUT2D eigenvalue weighted by molar-refractivity contribution is 5.44. The highest BCUT2D eigenvalue weighted by atomic mass is 16.5. The largest absolute Gasteiger partial charge is 0.377 e. The minimum atomic E-state index is 0.296. The molecule has 0 aromatic carbocycles. The number of nitrogens with zero attached hydrogens (tertiary/aromatic N) is 4. The average molecular weight is 310 g/mol. The van der Waals surface area contributed by atoms with Crippen molar-refractivity contribution in [2.75, 3.05) is 24.6 Å². The molecule has 4 heterocycles. The van der Waals surface area contributed by atoms with E-state index < -0.39 is 0 Å². The number of hydrogen-bond acceptors (Lipinski definition) is 5. The summed E-state index contributed by atoms with van der Waals surface area (Å²) in [5, 5.41) is 0. The van der Waals surface area contributed by atoms with Gasteiger partial charge in [0, 0.05) is 50.1 Å². The molecule has 2 aliphatic heterocycles. The standard InChI is InChI=1S/C18H22N4O/c1-2-16(13-19-6-1)22-7-3-18(4-8-22)5-9-23-17(18)10-15-11-20-14-21-12-15/h1-2,6,11-14,17H,3-5,7-10H2/t17-/m1/s1. The highest BCUT2D eigenvalue weighted by Gasteiger charge is 2.45. The first-order valence-corrected chi connectivity index (χ1v) is 8.36. The van der Waals surface area contributed by atoms with Crippen molar-refractivity contribution in [3.8, 4) is 0 Å². The van der Waals surface area contributed by atoms with Gasteiger partial charge in [-0.3, -0.25) is 4.98 Å². The molecule has 0 amide bonds. The summed E-state index contributed by atoms with van der Waals surface area (Å²) in [5.41, 5.74) is 2.72. The van der Waals surface area contributed by atoms with E-state index in [1.54, 1.807) is 6.33 Å². The number of rotatable bonds is 3. The molecule has 5 nitrogen and oxygen atoms in total. The van der Waals surface area contributed by atoms with Crippen LogP contribution in [-0.2, 0) is 11.2 Å². The summed E-state index contributed by atoms with van der Waals surface area (Å²) < 4.78 is 6.10. The predicted octanol–water partition coefficient (Wildman–Crippen LogP) is 2.49. The van der Waals surface area contributed by atoms with Gasteiger partial charge in [-0.15, -0.1) is 0 Å². The van der Waals surface area contributed by atoms with Crippen LogP contribution >= 0.6 is 0 Å². The number of ether oxygens (including phenoxy) is 1. The first kappa shape index (κ1) is 14.6. The zero-order chi connectivity index (χ0) is 15.5. The Kier molecular flexibility index (Phi) is 3.95. The van der Waals surface area contributed by atoms with Gasteiger partial charge in [-0.2, -0.15) is 0 Å². The molecule has 0 bridgehead atoms. The molecule has 0 aliphatic carbocycles. The van der Waals surface area contributed by atoms with E-state index in [0.717, 1.165) is 26.1 Å². The molecule has 23 heavy (non-hydrogen) atoms. The van der Waals surface area contributed by atoms with Crippen LogP contribution in [0, 0.1) is 5.41 Å². The molecule has 2 saturated heterocycles. The van der Waals surface area contributed by atoms with Crippen LogP contribution in [0.3, 0.4) is 0 Å². The third-order valence-corrected chi connectivity index (χ3v) is 5.41. The van der Waals surface area contributed by atoms with E-state index in [1.165, 1.54) is 30.5 Å². The van der Waals surface area contributed by atoms with Gasteiger partial charge in [0.2, 0.25) is 0 Å². The Hall–Kier alpha value is -2.01. The van der Waals surface area contributed by atoms with Crippen LogP contribution in [-0.4, -0.2) is 40.8 Å². The van der Waals surface area contributed by atoms with E-state index in [4.69, 9.17) is 4.74 Å². The SMILES string of the molecule is c1cncc(N2CCC3(CCO[C@@H]3Cc3cncnc3)CC2)c1. The molecular formula is C18H22N4O. The van der Waals surface area contributed by atoms with Crippen molar-refractivity contribution in [1.82, 2.24) is 15.0 Å². The molecular weight excluding hydrogens is 288 g/mol. The van der Waals surface area contributed by atoms with E-state index in [2.05, 4.69) is 25.9 Å². The lowest BCUT2D eigenvalue weighted by atomic mass is 9.71. The monoisotopic (exact) mass is 310 g/mol. The Bertz CT molecular complexity index is 626. The molecule has 120 valence electrons. The molecule has 0 unspecified atom stereocenters. The second-order valence-electron chi connectivity index (χ2n) is 6.62. The number of piperidine rings is 1. The normalized spacial score (nSPS) is 23.3. The second kappa shape index (κ2) is 6.24. The fourth-order valence-electron chi connectivity index (χ4n) is 3.99. The summed E-state index contributed by atoms with van der Waals surface area (Å²) in [6.45, 7) is 3.04. The Morgan fingerprint density at radius 1 is 1.09 bits per heavy atom. The van der Waals surface area contributed by atoms with Gasteiger partial charge in [0.15, 0.2) is 0 Å². The quantitative estimate of drug-likeness (QED) is 0.872. The van der Waals surface area contributed by atoms with Crippen molar-refractivity contribution >= 4 is 5.69 Å². The molecule has 5 heteroatoms. The Morgan fingerprint density at radius 3 is 2.65 bits per heavy atom. The lowest BCUT2D eigenvalue weighted by molar-refractivity contribution is 0.0356. The highest BCUT2D eigenvalue weighted by Crippen LogP contribution is 2.45. The number of hydrogen-bond donors (Lipinski definition) is 0. The third-order valence-electron chi connectivity index (χ3n) is 5.41. The molecule has 2 aromatic rings. The number of anilines is 1. The van der Waals surface area contributed by atoms with Crippen molar-refractivity contribution in [3.63, 3.8) is 0 Å².